The fourth-order valence-corrected chi connectivity index (χ4v) is 2.48. The molecule has 0 rings (SSSR count). The van der Waals surface area contributed by atoms with Gasteiger partial charge in [0.05, 0.1) is 13.2 Å². The fourth-order valence-electron chi connectivity index (χ4n) is 2.48. The number of likely N-dealkylation sites (N-methyl/N-ethyl adjacent to an activating group) is 1. The van der Waals surface area contributed by atoms with Crippen LogP contribution in [0.5, 0.6) is 0 Å². The molecule has 0 heterocycles. The van der Waals surface area contributed by atoms with Crippen LogP contribution in [-0.2, 0) is 4.74 Å². The predicted octanol–water partition coefficient (Wildman–Crippen LogP) is 2.56. The third kappa shape index (κ3) is 10.6. The minimum Gasteiger partial charge on any atom is -0.380 e. The monoisotopic (exact) mass is 428 g/mol. The van der Waals surface area contributed by atoms with E-state index in [-0.39, 0.29) is 24.0 Å². The molecule has 0 spiro atoms. The third-order valence-electron chi connectivity index (χ3n) is 3.78. The van der Waals surface area contributed by atoms with Gasteiger partial charge in [0.15, 0.2) is 5.96 Å². The highest BCUT2D eigenvalue weighted by Gasteiger charge is 2.20. The van der Waals surface area contributed by atoms with Crippen LogP contribution in [0.15, 0.2) is 4.99 Å². The second kappa shape index (κ2) is 15.8. The van der Waals surface area contributed by atoms with Gasteiger partial charge >= 0.3 is 0 Å². The summed E-state index contributed by atoms with van der Waals surface area (Å²) in [5.41, 5.74) is 0. The molecule has 0 aromatic rings. The summed E-state index contributed by atoms with van der Waals surface area (Å²) in [5, 5.41) is 6.61. The molecule has 5 nitrogen and oxygen atoms in total. The minimum atomic E-state index is 0. The fraction of sp³-hybridized carbons (Fsp3) is 0.938. The number of halogens is 1. The summed E-state index contributed by atoms with van der Waals surface area (Å²) in [6, 6.07) is 0.488. The lowest BCUT2D eigenvalue weighted by molar-refractivity contribution is 0.152. The second-order valence-electron chi connectivity index (χ2n) is 5.45. The van der Waals surface area contributed by atoms with E-state index in [9.17, 15) is 0 Å². The molecular formula is C16H37IN4O. The Hall–Kier alpha value is -0.0800. The van der Waals surface area contributed by atoms with Gasteiger partial charge in [0, 0.05) is 25.7 Å². The van der Waals surface area contributed by atoms with Crippen molar-refractivity contribution in [1.29, 1.82) is 0 Å². The van der Waals surface area contributed by atoms with E-state index >= 15 is 0 Å². The highest BCUT2D eigenvalue weighted by atomic mass is 127. The van der Waals surface area contributed by atoms with Crippen LogP contribution in [0.25, 0.3) is 0 Å². The maximum Gasteiger partial charge on any atom is 0.191 e. The number of guanidine groups is 1. The quantitative estimate of drug-likeness (QED) is 0.230. The molecule has 1 atom stereocenters. The Kier molecular flexibility index (Phi) is 17.4. The van der Waals surface area contributed by atoms with Crippen LogP contribution in [-0.4, -0.2) is 63.8 Å². The zero-order valence-corrected chi connectivity index (χ0v) is 17.6. The molecule has 0 saturated heterocycles. The van der Waals surface area contributed by atoms with Gasteiger partial charge < -0.3 is 20.3 Å². The van der Waals surface area contributed by atoms with Crippen molar-refractivity contribution in [1.82, 2.24) is 15.5 Å². The third-order valence-corrected chi connectivity index (χ3v) is 3.78. The summed E-state index contributed by atoms with van der Waals surface area (Å²) in [6.45, 7) is 12.6. The molecule has 22 heavy (non-hydrogen) atoms. The molecule has 0 radical (unpaired) electrons. The zero-order chi connectivity index (χ0) is 16.1. The van der Waals surface area contributed by atoms with E-state index < -0.39 is 0 Å². The van der Waals surface area contributed by atoms with Gasteiger partial charge in [-0.25, -0.2) is 0 Å². The van der Waals surface area contributed by atoms with Crippen LogP contribution in [0.4, 0.5) is 0 Å². The van der Waals surface area contributed by atoms with Crippen LogP contribution >= 0.6 is 24.0 Å². The Morgan fingerprint density at radius 3 is 2.18 bits per heavy atom. The van der Waals surface area contributed by atoms with Crippen molar-refractivity contribution in [2.75, 3.05) is 46.9 Å². The molecule has 0 aliphatic rings. The SMILES string of the molecule is CCNC(=NCC(C(CC)CC)N(C)C)NCCOCC.I. The molecule has 0 aliphatic carbocycles. The van der Waals surface area contributed by atoms with Crippen molar-refractivity contribution >= 4 is 29.9 Å². The molecule has 0 saturated carbocycles. The molecule has 0 bridgehead atoms. The van der Waals surface area contributed by atoms with Crippen LogP contribution in [0.3, 0.4) is 0 Å². The van der Waals surface area contributed by atoms with Gasteiger partial charge in [-0.15, -0.1) is 24.0 Å². The number of rotatable bonds is 11. The lowest BCUT2D eigenvalue weighted by Gasteiger charge is -2.30. The first-order chi connectivity index (χ1) is 10.1. The van der Waals surface area contributed by atoms with E-state index in [4.69, 9.17) is 9.73 Å². The topological polar surface area (TPSA) is 48.9 Å². The van der Waals surface area contributed by atoms with E-state index in [1.165, 1.54) is 12.8 Å². The molecule has 0 aromatic heterocycles. The number of hydrogen-bond acceptors (Lipinski definition) is 3. The predicted molar refractivity (Wildman–Crippen MR) is 107 cm³/mol. The number of ether oxygens (including phenoxy) is 1. The average molecular weight is 428 g/mol. The van der Waals surface area contributed by atoms with Crippen molar-refractivity contribution in [3.05, 3.63) is 0 Å². The number of nitrogens with one attached hydrogen (secondary N) is 2. The Balaban J connectivity index is 0. The molecule has 2 N–H and O–H groups in total. The molecule has 1 unspecified atom stereocenters. The van der Waals surface area contributed by atoms with Crippen LogP contribution < -0.4 is 10.6 Å². The lowest BCUT2D eigenvalue weighted by Crippen LogP contribution is -2.42. The van der Waals surface area contributed by atoms with Crippen molar-refractivity contribution in [3.8, 4) is 0 Å². The first kappa shape index (κ1) is 24.2. The minimum absolute atomic E-state index is 0. The summed E-state index contributed by atoms with van der Waals surface area (Å²) in [7, 11) is 4.29. The number of hydrogen-bond donors (Lipinski definition) is 2. The molecule has 0 aliphatic heterocycles. The highest BCUT2D eigenvalue weighted by molar-refractivity contribution is 14.0. The Morgan fingerprint density at radius 2 is 1.73 bits per heavy atom. The normalized spacial score (nSPS) is 13.2. The molecule has 0 aromatic carbocycles. The highest BCUT2D eigenvalue weighted by Crippen LogP contribution is 2.17. The first-order valence-electron chi connectivity index (χ1n) is 8.36. The second-order valence-corrected chi connectivity index (χ2v) is 5.45. The van der Waals surface area contributed by atoms with E-state index in [1.54, 1.807) is 0 Å². The average Bonchev–Trinajstić information content (AvgIpc) is 2.47. The van der Waals surface area contributed by atoms with Gasteiger partial charge in [-0.1, -0.05) is 26.7 Å². The summed E-state index contributed by atoms with van der Waals surface area (Å²) in [6.07, 6.45) is 2.40. The summed E-state index contributed by atoms with van der Waals surface area (Å²) < 4.78 is 5.35. The van der Waals surface area contributed by atoms with Gasteiger partial charge in [0.25, 0.3) is 0 Å². The Morgan fingerprint density at radius 1 is 1.09 bits per heavy atom. The summed E-state index contributed by atoms with van der Waals surface area (Å²) in [4.78, 5) is 7.04. The zero-order valence-electron chi connectivity index (χ0n) is 15.3. The standard InChI is InChI=1S/C16H36N4O.HI/c1-7-14(8-2)15(20(5)6)13-19-16(17-9-3)18-11-12-21-10-4;/h14-15H,7-13H2,1-6H3,(H2,17,18,19);1H. The van der Waals surface area contributed by atoms with Crippen molar-refractivity contribution in [3.63, 3.8) is 0 Å². The van der Waals surface area contributed by atoms with E-state index in [0.717, 1.165) is 32.2 Å². The molecule has 0 amide bonds. The van der Waals surface area contributed by atoms with E-state index in [0.29, 0.717) is 18.6 Å². The van der Waals surface area contributed by atoms with Gasteiger partial charge in [-0.3, -0.25) is 4.99 Å². The van der Waals surface area contributed by atoms with E-state index in [2.05, 4.69) is 50.4 Å². The maximum atomic E-state index is 5.35. The Labute approximate surface area is 154 Å². The van der Waals surface area contributed by atoms with Gasteiger partial charge in [0.2, 0.25) is 0 Å². The van der Waals surface area contributed by atoms with E-state index in [1.807, 2.05) is 6.92 Å². The summed E-state index contributed by atoms with van der Waals surface area (Å²) >= 11 is 0. The van der Waals surface area contributed by atoms with Crippen molar-refractivity contribution < 1.29 is 4.74 Å². The molecule has 6 heteroatoms. The Bertz CT molecular complexity index is 271. The van der Waals surface area contributed by atoms with Gasteiger partial charge in [0.1, 0.15) is 0 Å². The van der Waals surface area contributed by atoms with Gasteiger partial charge in [-0.2, -0.15) is 0 Å². The smallest absolute Gasteiger partial charge is 0.191 e. The summed E-state index contributed by atoms with van der Waals surface area (Å²) in [5.74, 6) is 1.57. The van der Waals surface area contributed by atoms with Crippen molar-refractivity contribution in [2.24, 2.45) is 10.9 Å². The largest absolute Gasteiger partial charge is 0.380 e. The van der Waals surface area contributed by atoms with Crippen LogP contribution in [0.1, 0.15) is 40.5 Å². The van der Waals surface area contributed by atoms with Crippen LogP contribution in [0, 0.1) is 5.92 Å². The maximum absolute atomic E-state index is 5.35. The van der Waals surface area contributed by atoms with Crippen LogP contribution in [0.2, 0.25) is 0 Å². The van der Waals surface area contributed by atoms with Gasteiger partial charge in [-0.05, 0) is 33.9 Å². The lowest BCUT2D eigenvalue weighted by atomic mass is 9.93. The molecular weight excluding hydrogens is 391 g/mol. The van der Waals surface area contributed by atoms with Crippen molar-refractivity contribution in [2.45, 2.75) is 46.6 Å². The first-order valence-corrected chi connectivity index (χ1v) is 8.36. The molecule has 0 fully saturated rings. The molecule has 134 valence electrons. The number of aliphatic imine (C=N–C) groups is 1. The number of nitrogens with zero attached hydrogens (tertiary/aromatic N) is 2.